The van der Waals surface area contributed by atoms with Gasteiger partial charge in [-0.25, -0.2) is 9.37 Å². The fourth-order valence-electron chi connectivity index (χ4n) is 5.45. The Balaban J connectivity index is 1.16. The highest BCUT2D eigenvalue weighted by molar-refractivity contribution is 6.31. The lowest BCUT2D eigenvalue weighted by Gasteiger charge is -2.19. The molecule has 6 rings (SSSR count). The molecule has 0 amide bonds. The smallest absolute Gasteiger partial charge is 0.130 e. The van der Waals surface area contributed by atoms with Gasteiger partial charge in [-0.15, -0.1) is 0 Å². The number of imidazole rings is 1. The summed E-state index contributed by atoms with van der Waals surface area (Å²) >= 11 is 6.10. The van der Waals surface area contributed by atoms with Gasteiger partial charge in [0, 0.05) is 22.5 Å². The largest absolute Gasteiger partial charge is 0.490 e. The molecule has 0 radical (unpaired) electrons. The molecule has 2 aromatic heterocycles. The summed E-state index contributed by atoms with van der Waals surface area (Å²) in [5, 5.41) is 1.45. The van der Waals surface area contributed by atoms with Gasteiger partial charge in [0.2, 0.25) is 0 Å². The summed E-state index contributed by atoms with van der Waals surface area (Å²) in [5.74, 6) is 3.83. The van der Waals surface area contributed by atoms with Gasteiger partial charge in [0.25, 0.3) is 0 Å². The van der Waals surface area contributed by atoms with E-state index >= 15 is 0 Å². The predicted molar refractivity (Wildman–Crippen MR) is 115 cm³/mol. The molecule has 0 saturated heterocycles. The van der Waals surface area contributed by atoms with Crippen molar-refractivity contribution in [1.82, 2.24) is 15.0 Å². The number of nitrogens with one attached hydrogen (secondary N) is 1. The van der Waals surface area contributed by atoms with E-state index < -0.39 is 0 Å². The van der Waals surface area contributed by atoms with Gasteiger partial charge in [-0.1, -0.05) is 18.5 Å². The molecule has 2 heterocycles. The number of ether oxygens (including phenoxy) is 1. The maximum absolute atomic E-state index is 13.7. The molecule has 5 atom stereocenters. The Labute approximate surface area is 178 Å². The molecule has 2 saturated carbocycles. The van der Waals surface area contributed by atoms with Gasteiger partial charge in [-0.3, -0.25) is 4.98 Å². The zero-order valence-electron chi connectivity index (χ0n) is 16.5. The molecule has 0 spiro atoms. The molecule has 1 unspecified atom stereocenters. The number of aromatic nitrogens is 3. The monoisotopic (exact) mass is 421 g/mol. The van der Waals surface area contributed by atoms with Crippen LogP contribution < -0.4 is 4.74 Å². The van der Waals surface area contributed by atoms with Gasteiger partial charge >= 0.3 is 0 Å². The van der Waals surface area contributed by atoms with E-state index in [-0.39, 0.29) is 11.9 Å². The highest BCUT2D eigenvalue weighted by atomic mass is 35.5. The molecule has 1 N–H and O–H groups in total. The van der Waals surface area contributed by atoms with E-state index in [9.17, 15) is 4.39 Å². The summed E-state index contributed by atoms with van der Waals surface area (Å²) in [7, 11) is 0. The minimum absolute atomic E-state index is 0.173. The normalized spacial score (nSPS) is 26.1. The lowest BCUT2D eigenvalue weighted by molar-refractivity contribution is 0.186. The molecular weight excluding hydrogens is 401 g/mol. The number of rotatable bonds is 4. The number of pyridine rings is 1. The number of H-pyrrole nitrogens is 1. The molecule has 4 nitrogen and oxygen atoms in total. The Bertz CT molecular complexity index is 1260. The van der Waals surface area contributed by atoms with E-state index in [1.807, 2.05) is 24.3 Å². The van der Waals surface area contributed by atoms with Crippen LogP contribution in [0.25, 0.3) is 21.9 Å². The van der Waals surface area contributed by atoms with Gasteiger partial charge in [-0.05, 0) is 73.1 Å². The van der Waals surface area contributed by atoms with Crippen LogP contribution in [0.2, 0.25) is 5.02 Å². The second-order valence-corrected chi connectivity index (χ2v) is 9.10. The number of hydrogen-bond acceptors (Lipinski definition) is 3. The topological polar surface area (TPSA) is 50.8 Å². The fourth-order valence-corrected chi connectivity index (χ4v) is 5.62. The van der Waals surface area contributed by atoms with Crippen LogP contribution >= 0.6 is 11.6 Å². The molecule has 2 aromatic carbocycles. The van der Waals surface area contributed by atoms with Crippen molar-refractivity contribution >= 4 is 33.5 Å². The molecule has 2 aliphatic carbocycles. The first kappa shape index (κ1) is 18.1. The number of nitrogens with zero attached hydrogens (tertiary/aromatic N) is 2. The van der Waals surface area contributed by atoms with Crippen molar-refractivity contribution in [1.29, 1.82) is 0 Å². The number of halogens is 2. The number of aromatic amines is 1. The highest BCUT2D eigenvalue weighted by Crippen LogP contribution is 2.63. The SMILES string of the molecule is CC(c1nc2cc(Cl)ccc2[nH]1)[C@H]1[C@@H]2C[C@@H](Oc3ccnc4ccc(F)cc34)C[C@@H]21. The van der Waals surface area contributed by atoms with E-state index in [0.29, 0.717) is 28.7 Å². The van der Waals surface area contributed by atoms with Gasteiger partial charge in [0.15, 0.2) is 0 Å². The molecule has 152 valence electrons. The summed E-state index contributed by atoms with van der Waals surface area (Å²) < 4.78 is 20.0. The Kier molecular flexibility index (Phi) is 4.03. The number of hydrogen-bond donors (Lipinski definition) is 1. The van der Waals surface area contributed by atoms with E-state index in [1.54, 1.807) is 12.3 Å². The zero-order chi connectivity index (χ0) is 20.4. The highest BCUT2D eigenvalue weighted by Gasteiger charge is 2.59. The number of benzene rings is 2. The van der Waals surface area contributed by atoms with Gasteiger partial charge < -0.3 is 9.72 Å². The van der Waals surface area contributed by atoms with Crippen molar-refractivity contribution in [3.63, 3.8) is 0 Å². The predicted octanol–water partition coefficient (Wildman–Crippen LogP) is 6.11. The van der Waals surface area contributed by atoms with Crippen molar-refractivity contribution in [3.05, 3.63) is 65.3 Å². The van der Waals surface area contributed by atoms with Crippen LogP contribution in [0.1, 0.15) is 31.5 Å². The van der Waals surface area contributed by atoms with Crippen LogP contribution in [-0.4, -0.2) is 21.1 Å². The van der Waals surface area contributed by atoms with Crippen LogP contribution in [0.15, 0.2) is 48.7 Å². The summed E-state index contributed by atoms with van der Waals surface area (Å²) in [6.45, 7) is 2.26. The summed E-state index contributed by atoms with van der Waals surface area (Å²) in [6.07, 6.45) is 3.96. The zero-order valence-corrected chi connectivity index (χ0v) is 17.2. The van der Waals surface area contributed by atoms with Crippen LogP contribution in [0, 0.1) is 23.6 Å². The molecule has 4 aromatic rings. The van der Waals surface area contributed by atoms with E-state index in [0.717, 1.165) is 46.4 Å². The van der Waals surface area contributed by atoms with Crippen molar-refractivity contribution in [2.24, 2.45) is 17.8 Å². The maximum Gasteiger partial charge on any atom is 0.130 e. The third kappa shape index (κ3) is 2.95. The van der Waals surface area contributed by atoms with E-state index in [4.69, 9.17) is 21.3 Å². The first-order chi connectivity index (χ1) is 14.6. The van der Waals surface area contributed by atoms with E-state index in [1.165, 1.54) is 12.1 Å². The van der Waals surface area contributed by atoms with Crippen molar-refractivity contribution < 1.29 is 9.13 Å². The minimum Gasteiger partial charge on any atom is -0.490 e. The number of fused-ring (bicyclic) bond motifs is 3. The molecule has 2 fully saturated rings. The Morgan fingerprint density at radius 3 is 2.77 bits per heavy atom. The Morgan fingerprint density at radius 1 is 1.10 bits per heavy atom. The molecule has 6 heteroatoms. The maximum atomic E-state index is 13.7. The second-order valence-electron chi connectivity index (χ2n) is 8.66. The summed E-state index contributed by atoms with van der Waals surface area (Å²) in [5.41, 5.74) is 2.71. The Morgan fingerprint density at radius 2 is 1.93 bits per heavy atom. The second kappa shape index (κ2) is 6.67. The van der Waals surface area contributed by atoms with Gasteiger partial charge in [0.1, 0.15) is 17.4 Å². The average molecular weight is 422 g/mol. The van der Waals surface area contributed by atoms with Crippen molar-refractivity contribution in [2.45, 2.75) is 31.8 Å². The molecule has 2 aliphatic rings. The molecule has 0 aliphatic heterocycles. The third-order valence-corrected chi connectivity index (χ3v) is 7.13. The first-order valence-corrected chi connectivity index (χ1v) is 10.8. The van der Waals surface area contributed by atoms with Crippen molar-refractivity contribution in [2.75, 3.05) is 0 Å². The lowest BCUT2D eigenvalue weighted by Crippen LogP contribution is -2.17. The van der Waals surface area contributed by atoms with Crippen LogP contribution in [0.3, 0.4) is 0 Å². The third-order valence-electron chi connectivity index (χ3n) is 6.90. The quantitative estimate of drug-likeness (QED) is 0.432. The minimum atomic E-state index is -0.268. The average Bonchev–Trinajstić information content (AvgIpc) is 3.06. The van der Waals surface area contributed by atoms with Crippen molar-refractivity contribution in [3.8, 4) is 5.75 Å². The van der Waals surface area contributed by atoms with E-state index in [2.05, 4.69) is 16.9 Å². The summed E-state index contributed by atoms with van der Waals surface area (Å²) in [4.78, 5) is 12.6. The summed E-state index contributed by atoms with van der Waals surface area (Å²) in [6, 6.07) is 12.3. The molecular formula is C24H21ClFN3O. The fraction of sp³-hybridized carbons (Fsp3) is 0.333. The lowest BCUT2D eigenvalue weighted by atomic mass is 9.97. The van der Waals surface area contributed by atoms with Crippen LogP contribution in [-0.2, 0) is 0 Å². The van der Waals surface area contributed by atoms with Gasteiger partial charge in [-0.2, -0.15) is 0 Å². The molecule has 0 bridgehead atoms. The first-order valence-electron chi connectivity index (χ1n) is 10.4. The Hall–Kier alpha value is -2.66. The van der Waals surface area contributed by atoms with Crippen LogP contribution in [0.4, 0.5) is 4.39 Å². The standard InChI is InChI=1S/C24H21ClFN3O/c1-12(24-28-20-4-2-13(25)8-21(20)29-24)23-16-10-15(11-17(16)23)30-22-6-7-27-19-5-3-14(26)9-18(19)22/h2-9,12,15-17,23H,10-11H2,1H3,(H,28,29)/t12?,15-,16-,17+,23+. The van der Waals surface area contributed by atoms with Gasteiger partial charge in [0.05, 0.1) is 22.7 Å². The molecule has 30 heavy (non-hydrogen) atoms. The van der Waals surface area contributed by atoms with Crippen LogP contribution in [0.5, 0.6) is 5.75 Å².